The van der Waals surface area contributed by atoms with E-state index in [2.05, 4.69) is 15.6 Å². The topological polar surface area (TPSA) is 67.4 Å². The molecule has 11 heteroatoms. The Morgan fingerprint density at radius 1 is 1.17 bits per heavy atom. The maximum absolute atomic E-state index is 12.5. The minimum Gasteiger partial charge on any atom is -0.493 e. The van der Waals surface area contributed by atoms with Crippen LogP contribution in [0.3, 0.4) is 0 Å². The molecule has 1 heterocycles. The number of hydrogen-bond donors (Lipinski definition) is 2. The van der Waals surface area contributed by atoms with Crippen molar-refractivity contribution < 1.29 is 27.4 Å². The van der Waals surface area contributed by atoms with Gasteiger partial charge in [0, 0.05) is 38.3 Å². The van der Waals surface area contributed by atoms with E-state index < -0.39 is 12.7 Å². The van der Waals surface area contributed by atoms with Gasteiger partial charge in [-0.15, -0.1) is 24.0 Å². The minimum absolute atomic E-state index is 0. The van der Waals surface area contributed by atoms with Gasteiger partial charge in [-0.3, -0.25) is 9.89 Å². The summed E-state index contributed by atoms with van der Waals surface area (Å²) in [6.07, 6.45) is -2.90. The average Bonchev–Trinajstić information content (AvgIpc) is 3.11. The van der Waals surface area contributed by atoms with Crippen molar-refractivity contribution in [1.29, 1.82) is 0 Å². The van der Waals surface area contributed by atoms with Crippen LogP contribution in [0.1, 0.15) is 12.0 Å². The van der Waals surface area contributed by atoms with Crippen molar-refractivity contribution in [1.82, 2.24) is 15.5 Å². The molecule has 1 fully saturated rings. The van der Waals surface area contributed by atoms with Crippen molar-refractivity contribution in [2.45, 2.75) is 25.1 Å². The van der Waals surface area contributed by atoms with E-state index in [4.69, 9.17) is 14.2 Å². The van der Waals surface area contributed by atoms with Gasteiger partial charge in [0.05, 0.1) is 27.9 Å². The molecule has 1 unspecified atom stereocenters. The highest BCUT2D eigenvalue weighted by molar-refractivity contribution is 14.0. The molecule has 1 saturated heterocycles. The number of methoxy groups -OCH3 is 3. The number of rotatable bonds is 8. The van der Waals surface area contributed by atoms with Crippen molar-refractivity contribution in [2.75, 3.05) is 54.6 Å². The quantitative estimate of drug-likeness (QED) is 0.297. The molecule has 1 aromatic rings. The predicted octanol–water partition coefficient (Wildman–Crippen LogP) is 2.67. The zero-order chi connectivity index (χ0) is 21.4. The standard InChI is InChI=1S/C19H29F3N4O3.HI/c1-23-18(25-14-8-10-26(11-14)12-19(20,21)22)24-9-7-13-5-6-15(27-2)17(29-4)16(13)28-3;/h5-6,14H,7-12H2,1-4H3,(H2,23,24,25);1H. The molecule has 0 saturated carbocycles. The van der Waals surface area contributed by atoms with Crippen LogP contribution in [0.25, 0.3) is 0 Å². The third kappa shape index (κ3) is 7.56. The lowest BCUT2D eigenvalue weighted by molar-refractivity contribution is -0.143. The predicted molar refractivity (Wildman–Crippen MR) is 121 cm³/mol. The maximum Gasteiger partial charge on any atom is 0.401 e. The van der Waals surface area contributed by atoms with Crippen LogP contribution in [0.5, 0.6) is 17.2 Å². The van der Waals surface area contributed by atoms with E-state index in [9.17, 15) is 13.2 Å². The second-order valence-electron chi connectivity index (χ2n) is 6.72. The molecular formula is C19H30F3IN4O3. The number of nitrogens with one attached hydrogen (secondary N) is 2. The van der Waals surface area contributed by atoms with Crippen LogP contribution in [0.4, 0.5) is 13.2 Å². The van der Waals surface area contributed by atoms with Crippen molar-refractivity contribution in [3.8, 4) is 17.2 Å². The highest BCUT2D eigenvalue weighted by Crippen LogP contribution is 2.39. The summed E-state index contributed by atoms with van der Waals surface area (Å²) in [4.78, 5) is 5.57. The Kier molecular flexibility index (Phi) is 10.8. The first-order valence-electron chi connectivity index (χ1n) is 9.35. The first-order valence-corrected chi connectivity index (χ1v) is 9.35. The van der Waals surface area contributed by atoms with Gasteiger partial charge in [-0.05, 0) is 18.9 Å². The number of alkyl halides is 3. The number of hydrogen-bond acceptors (Lipinski definition) is 5. The zero-order valence-electron chi connectivity index (χ0n) is 17.6. The van der Waals surface area contributed by atoms with Gasteiger partial charge in [0.2, 0.25) is 5.75 Å². The van der Waals surface area contributed by atoms with Gasteiger partial charge >= 0.3 is 6.18 Å². The fourth-order valence-corrected chi connectivity index (χ4v) is 3.41. The molecule has 1 aliphatic heterocycles. The second kappa shape index (κ2) is 12.3. The Balaban J connectivity index is 0.00000450. The molecule has 0 bridgehead atoms. The Labute approximate surface area is 192 Å². The number of ether oxygens (including phenoxy) is 3. The summed E-state index contributed by atoms with van der Waals surface area (Å²) in [6.45, 7) is 0.432. The molecule has 0 amide bonds. The van der Waals surface area contributed by atoms with E-state index in [1.165, 1.54) is 4.90 Å². The van der Waals surface area contributed by atoms with E-state index >= 15 is 0 Å². The Hall–Kier alpha value is -1.63. The van der Waals surface area contributed by atoms with Crippen LogP contribution in [0.15, 0.2) is 17.1 Å². The smallest absolute Gasteiger partial charge is 0.401 e. The monoisotopic (exact) mass is 546 g/mol. The third-order valence-electron chi connectivity index (χ3n) is 4.71. The number of benzene rings is 1. The van der Waals surface area contributed by atoms with Crippen LogP contribution in [-0.4, -0.2) is 77.6 Å². The fourth-order valence-electron chi connectivity index (χ4n) is 3.41. The lowest BCUT2D eigenvalue weighted by Crippen LogP contribution is -2.45. The van der Waals surface area contributed by atoms with Crippen LogP contribution < -0.4 is 24.8 Å². The number of guanidine groups is 1. The van der Waals surface area contributed by atoms with Gasteiger partial charge in [-0.2, -0.15) is 13.2 Å². The highest BCUT2D eigenvalue weighted by atomic mass is 127. The fraction of sp³-hybridized carbons (Fsp3) is 0.632. The molecule has 1 aromatic carbocycles. The molecule has 0 radical (unpaired) electrons. The summed E-state index contributed by atoms with van der Waals surface area (Å²) in [6, 6.07) is 3.65. The van der Waals surface area contributed by atoms with Crippen molar-refractivity contribution >= 4 is 29.9 Å². The Bertz CT molecular complexity index is 704. The van der Waals surface area contributed by atoms with Crippen LogP contribution in [-0.2, 0) is 6.42 Å². The lowest BCUT2D eigenvalue weighted by atomic mass is 10.1. The molecule has 172 valence electrons. The highest BCUT2D eigenvalue weighted by Gasteiger charge is 2.34. The van der Waals surface area contributed by atoms with Gasteiger partial charge in [0.15, 0.2) is 17.5 Å². The van der Waals surface area contributed by atoms with E-state index in [1.807, 2.05) is 12.1 Å². The first-order chi connectivity index (χ1) is 13.8. The summed E-state index contributed by atoms with van der Waals surface area (Å²) in [5.41, 5.74) is 0.935. The van der Waals surface area contributed by atoms with Gasteiger partial charge in [-0.1, -0.05) is 6.07 Å². The molecule has 0 aromatic heterocycles. The molecule has 1 atom stereocenters. The van der Waals surface area contributed by atoms with Crippen molar-refractivity contribution in [2.24, 2.45) is 4.99 Å². The number of likely N-dealkylation sites (tertiary alicyclic amines) is 1. The number of aliphatic imine (C=N–C) groups is 1. The van der Waals surface area contributed by atoms with Crippen LogP contribution in [0.2, 0.25) is 0 Å². The van der Waals surface area contributed by atoms with Crippen LogP contribution in [0, 0.1) is 0 Å². The van der Waals surface area contributed by atoms with Gasteiger partial charge < -0.3 is 24.8 Å². The van der Waals surface area contributed by atoms with Gasteiger partial charge in [0.25, 0.3) is 0 Å². The molecule has 7 nitrogen and oxygen atoms in total. The summed E-state index contributed by atoms with van der Waals surface area (Å²) >= 11 is 0. The van der Waals surface area contributed by atoms with E-state index in [1.54, 1.807) is 28.4 Å². The molecule has 1 aliphatic rings. The normalized spacial score (nSPS) is 17.3. The summed E-state index contributed by atoms with van der Waals surface area (Å²) in [5.74, 6) is 2.28. The van der Waals surface area contributed by atoms with Gasteiger partial charge in [0.1, 0.15) is 0 Å². The first kappa shape index (κ1) is 26.4. The van der Waals surface area contributed by atoms with E-state index in [0.29, 0.717) is 55.7 Å². The zero-order valence-corrected chi connectivity index (χ0v) is 20.0. The summed E-state index contributed by atoms with van der Waals surface area (Å²) < 4.78 is 53.7. The number of halogens is 4. The lowest BCUT2D eigenvalue weighted by Gasteiger charge is -2.20. The Morgan fingerprint density at radius 2 is 1.87 bits per heavy atom. The van der Waals surface area contributed by atoms with Crippen molar-refractivity contribution in [3.63, 3.8) is 0 Å². The second-order valence-corrected chi connectivity index (χ2v) is 6.72. The average molecular weight is 546 g/mol. The third-order valence-corrected chi connectivity index (χ3v) is 4.71. The largest absolute Gasteiger partial charge is 0.493 e. The molecule has 2 N–H and O–H groups in total. The molecule has 0 spiro atoms. The summed E-state index contributed by atoms with van der Waals surface area (Å²) in [7, 11) is 6.32. The van der Waals surface area contributed by atoms with Crippen LogP contribution >= 0.6 is 24.0 Å². The van der Waals surface area contributed by atoms with Gasteiger partial charge in [-0.25, -0.2) is 0 Å². The minimum atomic E-state index is -4.17. The van der Waals surface area contributed by atoms with Crippen molar-refractivity contribution in [3.05, 3.63) is 17.7 Å². The molecular weight excluding hydrogens is 516 g/mol. The maximum atomic E-state index is 12.5. The molecule has 2 rings (SSSR count). The SMILES string of the molecule is CN=C(NCCc1ccc(OC)c(OC)c1OC)NC1CCN(CC(F)(F)F)C1.I. The van der Waals surface area contributed by atoms with E-state index in [-0.39, 0.29) is 30.0 Å². The van der Waals surface area contributed by atoms with E-state index in [0.717, 1.165) is 5.56 Å². The number of nitrogens with zero attached hydrogens (tertiary/aromatic N) is 2. The molecule has 0 aliphatic carbocycles. The molecule has 30 heavy (non-hydrogen) atoms. The summed E-state index contributed by atoms with van der Waals surface area (Å²) in [5, 5.41) is 6.39. The Morgan fingerprint density at radius 3 is 2.43 bits per heavy atom.